The third-order valence-electron chi connectivity index (χ3n) is 4.42. The molecule has 27 heavy (non-hydrogen) atoms. The molecule has 148 valence electrons. The Bertz CT molecular complexity index is 746. The molecule has 2 aromatic rings. The molecular weight excluding hydrogens is 612 g/mol. The standard InChI is InChI=1S/C18H21I2NO4S2/c1-2-3-4-21(9-11-13-15(17(19)26-11)24-7-5-22-13)10-12-14-16(18(20)27-12)25-8-6-23-14/h2-10H2,1H3. The average Bonchev–Trinajstić information content (AvgIpc) is 3.18. The van der Waals surface area contributed by atoms with E-state index in [0.29, 0.717) is 26.4 Å². The van der Waals surface area contributed by atoms with Gasteiger partial charge in [0, 0.05) is 13.1 Å². The molecule has 0 radical (unpaired) electrons. The van der Waals surface area contributed by atoms with Crippen molar-refractivity contribution in [2.45, 2.75) is 32.9 Å². The first-order valence-electron chi connectivity index (χ1n) is 9.03. The van der Waals surface area contributed by atoms with Crippen molar-refractivity contribution in [2.75, 3.05) is 33.0 Å². The summed E-state index contributed by atoms with van der Waals surface area (Å²) in [6.07, 6.45) is 2.35. The maximum absolute atomic E-state index is 5.94. The molecule has 2 aliphatic heterocycles. The van der Waals surface area contributed by atoms with E-state index in [1.807, 2.05) is 0 Å². The molecule has 2 aromatic heterocycles. The highest BCUT2D eigenvalue weighted by atomic mass is 127. The van der Waals surface area contributed by atoms with Crippen LogP contribution < -0.4 is 18.9 Å². The largest absolute Gasteiger partial charge is 0.485 e. The molecule has 9 heteroatoms. The van der Waals surface area contributed by atoms with Crippen molar-refractivity contribution < 1.29 is 18.9 Å². The number of thiophene rings is 2. The predicted molar refractivity (Wildman–Crippen MR) is 125 cm³/mol. The molecule has 0 bridgehead atoms. The molecule has 5 nitrogen and oxygen atoms in total. The summed E-state index contributed by atoms with van der Waals surface area (Å²) in [5, 5.41) is 0. The fraction of sp³-hybridized carbons (Fsp3) is 0.556. The summed E-state index contributed by atoms with van der Waals surface area (Å²) in [7, 11) is 0. The van der Waals surface area contributed by atoms with Crippen LogP contribution in [-0.4, -0.2) is 37.9 Å². The van der Waals surface area contributed by atoms with Crippen molar-refractivity contribution >= 4 is 67.9 Å². The summed E-state index contributed by atoms with van der Waals surface area (Å²) < 4.78 is 25.9. The molecule has 4 heterocycles. The minimum Gasteiger partial charge on any atom is -0.485 e. The molecule has 0 atom stereocenters. The van der Waals surface area contributed by atoms with E-state index in [1.165, 1.54) is 28.4 Å². The molecule has 0 aromatic carbocycles. The number of ether oxygens (including phenoxy) is 4. The van der Waals surface area contributed by atoms with Gasteiger partial charge in [0.25, 0.3) is 0 Å². The van der Waals surface area contributed by atoms with Gasteiger partial charge in [-0.15, -0.1) is 22.7 Å². The third-order valence-corrected chi connectivity index (χ3v) is 8.57. The van der Waals surface area contributed by atoms with Crippen LogP contribution in [0.1, 0.15) is 29.5 Å². The number of rotatable bonds is 7. The first kappa shape index (κ1) is 20.3. The van der Waals surface area contributed by atoms with Gasteiger partial charge in [-0.25, -0.2) is 0 Å². The summed E-state index contributed by atoms with van der Waals surface area (Å²) in [5.41, 5.74) is 0. The topological polar surface area (TPSA) is 40.2 Å². The van der Waals surface area contributed by atoms with Crippen LogP contribution in [0.15, 0.2) is 0 Å². The summed E-state index contributed by atoms with van der Waals surface area (Å²) in [6.45, 7) is 7.54. The van der Waals surface area contributed by atoms with Gasteiger partial charge in [0.05, 0.1) is 9.75 Å². The van der Waals surface area contributed by atoms with Crippen molar-refractivity contribution in [3.63, 3.8) is 0 Å². The Labute approximate surface area is 194 Å². The lowest BCUT2D eigenvalue weighted by Crippen LogP contribution is -2.24. The maximum atomic E-state index is 5.94. The minimum atomic E-state index is 0.629. The number of halogens is 2. The van der Waals surface area contributed by atoms with E-state index in [1.54, 1.807) is 22.7 Å². The van der Waals surface area contributed by atoms with Gasteiger partial charge in [0.15, 0.2) is 23.0 Å². The van der Waals surface area contributed by atoms with E-state index in [9.17, 15) is 0 Å². The van der Waals surface area contributed by atoms with E-state index in [2.05, 4.69) is 57.0 Å². The smallest absolute Gasteiger partial charge is 0.185 e. The van der Waals surface area contributed by atoms with Crippen LogP contribution in [0.4, 0.5) is 0 Å². The monoisotopic (exact) mass is 633 g/mol. The average molecular weight is 633 g/mol. The molecule has 0 fully saturated rings. The van der Waals surface area contributed by atoms with Crippen molar-refractivity contribution in [2.24, 2.45) is 0 Å². The number of nitrogens with zero attached hydrogens (tertiary/aromatic N) is 1. The Hall–Kier alpha value is 0.0200. The van der Waals surface area contributed by atoms with Gasteiger partial charge in [-0.2, -0.15) is 0 Å². The van der Waals surface area contributed by atoms with Crippen LogP contribution >= 0.6 is 67.9 Å². The first-order valence-corrected chi connectivity index (χ1v) is 12.8. The molecule has 2 aliphatic rings. The molecule has 0 saturated heterocycles. The van der Waals surface area contributed by atoms with E-state index >= 15 is 0 Å². The van der Waals surface area contributed by atoms with Gasteiger partial charge < -0.3 is 18.9 Å². The van der Waals surface area contributed by atoms with Crippen LogP contribution in [0.2, 0.25) is 0 Å². The SMILES string of the molecule is CCCCN(Cc1sc(I)c2c1OCCO2)Cc1sc(I)c2c1OCCO2. The zero-order valence-electron chi connectivity index (χ0n) is 15.0. The highest BCUT2D eigenvalue weighted by molar-refractivity contribution is 14.1. The Balaban J connectivity index is 1.56. The third kappa shape index (κ3) is 4.46. The quantitative estimate of drug-likeness (QED) is 0.384. The zero-order valence-corrected chi connectivity index (χ0v) is 21.0. The lowest BCUT2D eigenvalue weighted by Gasteiger charge is -2.24. The van der Waals surface area contributed by atoms with Crippen molar-refractivity contribution in [3.8, 4) is 23.0 Å². The van der Waals surface area contributed by atoms with Gasteiger partial charge in [0.1, 0.15) is 32.2 Å². The van der Waals surface area contributed by atoms with Crippen molar-refractivity contribution in [1.29, 1.82) is 0 Å². The Morgan fingerprint density at radius 2 is 1.22 bits per heavy atom. The molecule has 0 N–H and O–H groups in total. The molecular formula is C18H21I2NO4S2. The fourth-order valence-electron chi connectivity index (χ4n) is 3.16. The highest BCUT2D eigenvalue weighted by Gasteiger charge is 2.27. The van der Waals surface area contributed by atoms with E-state index in [4.69, 9.17) is 18.9 Å². The predicted octanol–water partition coefficient (Wildman–Crippen LogP) is 5.36. The van der Waals surface area contributed by atoms with Crippen molar-refractivity contribution in [3.05, 3.63) is 15.5 Å². The van der Waals surface area contributed by atoms with Gasteiger partial charge in [0.2, 0.25) is 0 Å². The maximum Gasteiger partial charge on any atom is 0.185 e. The first-order chi connectivity index (χ1) is 13.2. The molecule has 4 rings (SSSR count). The second-order valence-electron chi connectivity index (χ2n) is 6.37. The number of fused-ring (bicyclic) bond motifs is 2. The summed E-state index contributed by atoms with van der Waals surface area (Å²) in [4.78, 5) is 4.99. The summed E-state index contributed by atoms with van der Waals surface area (Å²) >= 11 is 8.26. The van der Waals surface area contributed by atoms with E-state index in [0.717, 1.165) is 42.6 Å². The van der Waals surface area contributed by atoms with Crippen LogP contribution in [0.5, 0.6) is 23.0 Å². The van der Waals surface area contributed by atoms with Crippen LogP contribution in [0.25, 0.3) is 0 Å². The van der Waals surface area contributed by atoms with Crippen molar-refractivity contribution in [1.82, 2.24) is 4.90 Å². The second-order valence-corrected chi connectivity index (χ2v) is 12.2. The lowest BCUT2D eigenvalue weighted by atomic mass is 10.2. The van der Waals surface area contributed by atoms with Gasteiger partial charge >= 0.3 is 0 Å². The Kier molecular flexibility index (Phi) is 6.94. The summed E-state index contributed by atoms with van der Waals surface area (Å²) in [6, 6.07) is 0. The van der Waals surface area contributed by atoms with Gasteiger partial charge in [-0.1, -0.05) is 13.3 Å². The number of hydrogen-bond donors (Lipinski definition) is 0. The van der Waals surface area contributed by atoms with Crippen LogP contribution in [-0.2, 0) is 13.1 Å². The zero-order chi connectivity index (χ0) is 18.8. The molecule has 0 amide bonds. The van der Waals surface area contributed by atoms with Gasteiger partial charge in [-0.3, -0.25) is 4.90 Å². The van der Waals surface area contributed by atoms with E-state index < -0.39 is 0 Å². The molecule has 0 saturated carbocycles. The molecule has 0 aliphatic carbocycles. The van der Waals surface area contributed by atoms with Crippen LogP contribution in [0.3, 0.4) is 0 Å². The second kappa shape index (κ2) is 9.23. The lowest BCUT2D eigenvalue weighted by molar-refractivity contribution is 0.164. The fourth-order valence-corrected chi connectivity index (χ4v) is 7.46. The van der Waals surface area contributed by atoms with Gasteiger partial charge in [-0.05, 0) is 58.1 Å². The molecule has 0 spiro atoms. The normalized spacial score (nSPS) is 15.4. The van der Waals surface area contributed by atoms with Crippen LogP contribution in [0, 0.1) is 5.77 Å². The molecule has 0 unspecified atom stereocenters. The number of hydrogen-bond acceptors (Lipinski definition) is 7. The highest BCUT2D eigenvalue weighted by Crippen LogP contribution is 2.47. The number of unbranched alkanes of at least 4 members (excludes halogenated alkanes) is 1. The van der Waals surface area contributed by atoms with E-state index in [-0.39, 0.29) is 0 Å². The Morgan fingerprint density at radius 1 is 0.778 bits per heavy atom. The summed E-state index contributed by atoms with van der Waals surface area (Å²) in [5.74, 6) is 3.74. The Morgan fingerprint density at radius 3 is 1.67 bits per heavy atom. The minimum absolute atomic E-state index is 0.629.